The SMILES string of the molecule is CSCC[C@H](NC(=O)c1ccc(/C=C/c2cncc(-c3ccccc3)c2)cc1-c1ccccc1C)C(=O)O. The van der Waals surface area contributed by atoms with E-state index in [1.54, 1.807) is 17.8 Å². The Kier molecular flexibility index (Phi) is 9.11. The number of hydrogen-bond acceptors (Lipinski definition) is 4. The first-order valence-corrected chi connectivity index (χ1v) is 13.8. The predicted molar refractivity (Wildman–Crippen MR) is 157 cm³/mol. The Morgan fingerprint density at radius 2 is 1.63 bits per heavy atom. The van der Waals surface area contributed by atoms with Gasteiger partial charge in [0.2, 0.25) is 0 Å². The molecule has 3 aromatic carbocycles. The average Bonchev–Trinajstić information content (AvgIpc) is 2.94. The highest BCUT2D eigenvalue weighted by molar-refractivity contribution is 7.98. The Bertz CT molecular complexity index is 1450. The van der Waals surface area contributed by atoms with Crippen LogP contribution in [-0.4, -0.2) is 40.0 Å². The van der Waals surface area contributed by atoms with Gasteiger partial charge in [0.05, 0.1) is 0 Å². The van der Waals surface area contributed by atoms with Crippen molar-refractivity contribution in [2.45, 2.75) is 19.4 Å². The highest BCUT2D eigenvalue weighted by Crippen LogP contribution is 2.29. The number of thioether (sulfide) groups is 1. The minimum absolute atomic E-state index is 0.360. The standard InChI is InChI=1S/C32H30N2O3S/c1-22-8-6-7-11-27(22)29-19-23(14-15-28(29)31(35)34-30(32(36)37)16-17-38-2)12-13-24-18-26(21-33-20-24)25-9-4-3-5-10-25/h3-15,18-21,30H,16-17H2,1-2H3,(H,34,35)(H,36,37)/b13-12+/t30-/m0/s1. The van der Waals surface area contributed by atoms with Crippen molar-refractivity contribution >= 4 is 35.8 Å². The van der Waals surface area contributed by atoms with E-state index in [0.717, 1.165) is 38.9 Å². The molecule has 2 N–H and O–H groups in total. The van der Waals surface area contributed by atoms with Gasteiger partial charge in [0.15, 0.2) is 0 Å². The number of carboxylic acids is 1. The quantitative estimate of drug-likeness (QED) is 0.239. The van der Waals surface area contributed by atoms with Gasteiger partial charge < -0.3 is 10.4 Å². The maximum atomic E-state index is 13.3. The van der Waals surface area contributed by atoms with Crippen LogP contribution < -0.4 is 5.32 Å². The molecular weight excluding hydrogens is 492 g/mol. The van der Waals surface area contributed by atoms with Gasteiger partial charge in [-0.25, -0.2) is 4.79 Å². The highest BCUT2D eigenvalue weighted by Gasteiger charge is 2.22. The van der Waals surface area contributed by atoms with Crippen molar-refractivity contribution in [3.8, 4) is 22.3 Å². The molecule has 4 aromatic rings. The third kappa shape index (κ3) is 6.78. The van der Waals surface area contributed by atoms with Crippen LogP contribution in [0.25, 0.3) is 34.4 Å². The summed E-state index contributed by atoms with van der Waals surface area (Å²) in [5.41, 5.74) is 7.18. The Morgan fingerprint density at radius 1 is 0.895 bits per heavy atom. The van der Waals surface area contributed by atoms with Gasteiger partial charge in [-0.05, 0) is 76.9 Å². The lowest BCUT2D eigenvalue weighted by Crippen LogP contribution is -2.41. The van der Waals surface area contributed by atoms with Crippen LogP contribution in [0.2, 0.25) is 0 Å². The fourth-order valence-electron chi connectivity index (χ4n) is 4.22. The number of nitrogens with one attached hydrogen (secondary N) is 1. The number of rotatable bonds is 10. The molecule has 38 heavy (non-hydrogen) atoms. The second kappa shape index (κ2) is 12.9. The number of carbonyl (C=O) groups excluding carboxylic acids is 1. The van der Waals surface area contributed by atoms with Gasteiger partial charge >= 0.3 is 5.97 Å². The van der Waals surface area contributed by atoms with E-state index in [1.165, 1.54) is 0 Å². The number of carbonyl (C=O) groups is 2. The normalized spacial score (nSPS) is 11.8. The lowest BCUT2D eigenvalue weighted by Gasteiger charge is -2.17. The summed E-state index contributed by atoms with van der Waals surface area (Å²) in [7, 11) is 0. The molecule has 0 aliphatic carbocycles. The first-order valence-electron chi connectivity index (χ1n) is 12.4. The molecule has 0 fully saturated rings. The minimum atomic E-state index is -1.03. The van der Waals surface area contributed by atoms with E-state index in [1.807, 2.05) is 92.3 Å². The Morgan fingerprint density at radius 3 is 2.37 bits per heavy atom. The molecule has 0 radical (unpaired) electrons. The molecule has 1 heterocycles. The number of amides is 1. The summed E-state index contributed by atoms with van der Waals surface area (Å²) in [5, 5.41) is 12.3. The molecule has 0 saturated heterocycles. The topological polar surface area (TPSA) is 79.3 Å². The van der Waals surface area contributed by atoms with Crippen molar-refractivity contribution in [3.05, 3.63) is 114 Å². The van der Waals surface area contributed by atoms with Gasteiger partial charge in [0, 0.05) is 23.5 Å². The fourth-order valence-corrected chi connectivity index (χ4v) is 4.69. The molecule has 0 unspecified atom stereocenters. The van der Waals surface area contributed by atoms with Crippen molar-refractivity contribution in [1.29, 1.82) is 0 Å². The third-order valence-electron chi connectivity index (χ3n) is 6.27. The van der Waals surface area contributed by atoms with Crippen molar-refractivity contribution < 1.29 is 14.7 Å². The van der Waals surface area contributed by atoms with Crippen molar-refractivity contribution in [2.24, 2.45) is 0 Å². The van der Waals surface area contributed by atoms with E-state index in [2.05, 4.69) is 28.5 Å². The van der Waals surface area contributed by atoms with E-state index in [9.17, 15) is 14.7 Å². The van der Waals surface area contributed by atoms with Crippen molar-refractivity contribution in [1.82, 2.24) is 10.3 Å². The van der Waals surface area contributed by atoms with Crippen LogP contribution in [0.4, 0.5) is 0 Å². The molecule has 1 amide bonds. The summed E-state index contributed by atoms with van der Waals surface area (Å²) >= 11 is 1.55. The summed E-state index contributed by atoms with van der Waals surface area (Å²) in [6.07, 6.45) is 9.93. The van der Waals surface area contributed by atoms with Crippen molar-refractivity contribution in [2.75, 3.05) is 12.0 Å². The predicted octanol–water partition coefficient (Wildman–Crippen LogP) is 6.83. The molecule has 5 nitrogen and oxygen atoms in total. The Balaban J connectivity index is 1.66. The maximum Gasteiger partial charge on any atom is 0.326 e. The lowest BCUT2D eigenvalue weighted by atomic mass is 9.93. The van der Waals surface area contributed by atoms with E-state index >= 15 is 0 Å². The summed E-state index contributed by atoms with van der Waals surface area (Å²) in [6, 6.07) is 24.7. The molecule has 1 atom stereocenters. The van der Waals surface area contributed by atoms with Crippen LogP contribution in [0.3, 0.4) is 0 Å². The smallest absolute Gasteiger partial charge is 0.326 e. The molecule has 6 heteroatoms. The van der Waals surface area contributed by atoms with E-state index < -0.39 is 17.9 Å². The van der Waals surface area contributed by atoms with Gasteiger partial charge in [0.1, 0.15) is 6.04 Å². The lowest BCUT2D eigenvalue weighted by molar-refractivity contribution is -0.139. The molecule has 0 saturated carbocycles. The summed E-state index contributed by atoms with van der Waals surface area (Å²) in [5.74, 6) is -0.783. The first kappa shape index (κ1) is 26.9. The molecule has 192 valence electrons. The van der Waals surface area contributed by atoms with E-state index in [0.29, 0.717) is 17.7 Å². The number of aromatic nitrogens is 1. The summed E-state index contributed by atoms with van der Waals surface area (Å²) < 4.78 is 0. The number of benzene rings is 3. The number of carboxylic acid groups (broad SMARTS) is 1. The largest absolute Gasteiger partial charge is 0.480 e. The Hall–Kier alpha value is -4.16. The first-order chi connectivity index (χ1) is 18.5. The molecule has 0 aliphatic rings. The van der Waals surface area contributed by atoms with Crippen LogP contribution in [0, 0.1) is 6.92 Å². The second-order valence-electron chi connectivity index (χ2n) is 8.97. The van der Waals surface area contributed by atoms with E-state index in [-0.39, 0.29) is 0 Å². The zero-order valence-electron chi connectivity index (χ0n) is 21.4. The van der Waals surface area contributed by atoms with Crippen LogP contribution in [0.1, 0.15) is 33.5 Å². The fraction of sp³-hybridized carbons (Fsp3) is 0.156. The Labute approximate surface area is 227 Å². The van der Waals surface area contributed by atoms with Gasteiger partial charge in [-0.1, -0.05) is 72.8 Å². The average molecular weight is 523 g/mol. The number of hydrogen-bond donors (Lipinski definition) is 2. The number of pyridine rings is 1. The van der Waals surface area contributed by atoms with Crippen molar-refractivity contribution in [3.63, 3.8) is 0 Å². The number of aryl methyl sites for hydroxylation is 1. The van der Waals surface area contributed by atoms with Crippen LogP contribution in [0.15, 0.2) is 91.3 Å². The number of nitrogens with zero attached hydrogens (tertiary/aromatic N) is 1. The molecular formula is C32H30N2O3S. The molecule has 1 aromatic heterocycles. The number of aliphatic carboxylic acids is 1. The monoisotopic (exact) mass is 522 g/mol. The minimum Gasteiger partial charge on any atom is -0.480 e. The van der Waals surface area contributed by atoms with Gasteiger partial charge in [-0.15, -0.1) is 0 Å². The van der Waals surface area contributed by atoms with Gasteiger partial charge in [-0.2, -0.15) is 11.8 Å². The molecule has 0 spiro atoms. The van der Waals surface area contributed by atoms with E-state index in [4.69, 9.17) is 0 Å². The summed E-state index contributed by atoms with van der Waals surface area (Å²) in [4.78, 5) is 29.4. The zero-order valence-corrected chi connectivity index (χ0v) is 22.2. The van der Waals surface area contributed by atoms with Gasteiger partial charge in [0.25, 0.3) is 5.91 Å². The molecule has 0 bridgehead atoms. The summed E-state index contributed by atoms with van der Waals surface area (Å²) in [6.45, 7) is 2.00. The maximum absolute atomic E-state index is 13.3. The molecule has 0 aliphatic heterocycles. The van der Waals surface area contributed by atoms with Gasteiger partial charge in [-0.3, -0.25) is 9.78 Å². The van der Waals surface area contributed by atoms with Crippen LogP contribution >= 0.6 is 11.8 Å². The highest BCUT2D eigenvalue weighted by atomic mass is 32.2. The van der Waals surface area contributed by atoms with Crippen LogP contribution in [-0.2, 0) is 4.79 Å². The molecule has 4 rings (SSSR count). The zero-order chi connectivity index (χ0) is 26.9. The second-order valence-corrected chi connectivity index (χ2v) is 9.96. The third-order valence-corrected chi connectivity index (χ3v) is 6.92. The van der Waals surface area contributed by atoms with Crippen LogP contribution in [0.5, 0.6) is 0 Å².